The number of benzene rings is 3. The first-order valence-corrected chi connectivity index (χ1v) is 11.6. The molecule has 1 atom stereocenters. The summed E-state index contributed by atoms with van der Waals surface area (Å²) >= 11 is 0. The molecule has 0 bridgehead atoms. The van der Waals surface area contributed by atoms with Crippen LogP contribution in [0.15, 0.2) is 72.8 Å². The van der Waals surface area contributed by atoms with Crippen molar-refractivity contribution >= 4 is 0 Å². The number of rotatable bonds is 8. The zero-order valence-electron chi connectivity index (χ0n) is 19.6. The van der Waals surface area contributed by atoms with Gasteiger partial charge in [0.1, 0.15) is 17.5 Å². The van der Waals surface area contributed by atoms with Crippen LogP contribution in [0.5, 0.6) is 11.5 Å². The molecule has 1 aliphatic rings. The fraction of sp³-hybridized carbons (Fsp3) is 0.296. The normalized spacial score (nSPS) is 14.4. The van der Waals surface area contributed by atoms with Crippen molar-refractivity contribution < 1.29 is 9.47 Å². The third kappa shape index (κ3) is 4.52. The van der Waals surface area contributed by atoms with Crippen molar-refractivity contribution in [2.75, 3.05) is 20.8 Å². The van der Waals surface area contributed by atoms with Gasteiger partial charge in [-0.05, 0) is 52.1 Å². The number of hydrogen-bond acceptors (Lipinski definition) is 6. The van der Waals surface area contributed by atoms with Crippen LogP contribution in [0, 0.1) is 0 Å². The van der Waals surface area contributed by atoms with E-state index in [1.165, 1.54) is 16.7 Å². The summed E-state index contributed by atoms with van der Waals surface area (Å²) in [5.41, 5.74) is 5.03. The zero-order chi connectivity index (χ0) is 23.3. The van der Waals surface area contributed by atoms with Gasteiger partial charge in [0.25, 0.3) is 0 Å². The summed E-state index contributed by atoms with van der Waals surface area (Å²) in [5.74, 6) is 2.34. The van der Waals surface area contributed by atoms with Gasteiger partial charge in [-0.1, -0.05) is 54.6 Å². The number of fused-ring (bicyclic) bond motifs is 1. The highest BCUT2D eigenvalue weighted by Crippen LogP contribution is 2.38. The molecule has 174 valence electrons. The third-order valence-corrected chi connectivity index (χ3v) is 6.52. The van der Waals surface area contributed by atoms with Gasteiger partial charge in [-0.25, -0.2) is 4.68 Å². The van der Waals surface area contributed by atoms with Gasteiger partial charge in [-0.15, -0.1) is 5.10 Å². The first kappa shape index (κ1) is 22.1. The zero-order valence-corrected chi connectivity index (χ0v) is 19.6. The van der Waals surface area contributed by atoms with Gasteiger partial charge in [0.15, 0.2) is 5.82 Å². The first-order chi connectivity index (χ1) is 16.8. The van der Waals surface area contributed by atoms with E-state index in [0.717, 1.165) is 48.8 Å². The van der Waals surface area contributed by atoms with Gasteiger partial charge in [-0.3, -0.25) is 4.90 Å². The second-order valence-electron chi connectivity index (χ2n) is 8.50. The molecule has 4 aromatic rings. The fourth-order valence-corrected chi connectivity index (χ4v) is 4.73. The van der Waals surface area contributed by atoms with Crippen molar-refractivity contribution in [2.24, 2.45) is 0 Å². The number of methoxy groups -OCH3 is 2. The Morgan fingerprint density at radius 2 is 1.71 bits per heavy atom. The first-order valence-electron chi connectivity index (χ1n) is 11.6. The number of tetrazole rings is 1. The van der Waals surface area contributed by atoms with Crippen LogP contribution in [0.4, 0.5) is 0 Å². The second kappa shape index (κ2) is 10.1. The minimum Gasteiger partial charge on any atom is -0.497 e. The van der Waals surface area contributed by atoms with Gasteiger partial charge in [-0.2, -0.15) is 0 Å². The maximum absolute atomic E-state index is 5.81. The number of aryl methyl sites for hydroxylation is 2. The molecule has 1 aliphatic heterocycles. The van der Waals surface area contributed by atoms with Crippen molar-refractivity contribution in [3.63, 3.8) is 0 Å². The topological polar surface area (TPSA) is 65.3 Å². The van der Waals surface area contributed by atoms with Gasteiger partial charge in [0, 0.05) is 31.3 Å². The van der Waals surface area contributed by atoms with Crippen molar-refractivity contribution in [3.05, 3.63) is 101 Å². The second-order valence-corrected chi connectivity index (χ2v) is 8.50. The Hall–Kier alpha value is -3.71. The highest BCUT2D eigenvalue weighted by Gasteiger charge is 2.32. The highest BCUT2D eigenvalue weighted by atomic mass is 16.5. The molecule has 2 heterocycles. The summed E-state index contributed by atoms with van der Waals surface area (Å²) in [4.78, 5) is 2.44. The molecule has 0 fully saturated rings. The van der Waals surface area contributed by atoms with E-state index in [0.29, 0.717) is 6.54 Å². The van der Waals surface area contributed by atoms with Crippen molar-refractivity contribution in [1.29, 1.82) is 0 Å². The van der Waals surface area contributed by atoms with Gasteiger partial charge in [0.2, 0.25) is 0 Å². The largest absolute Gasteiger partial charge is 0.497 e. The smallest absolute Gasteiger partial charge is 0.173 e. The van der Waals surface area contributed by atoms with E-state index in [2.05, 4.69) is 75.0 Å². The van der Waals surface area contributed by atoms with E-state index < -0.39 is 0 Å². The van der Waals surface area contributed by atoms with Crippen molar-refractivity contribution in [3.8, 4) is 11.5 Å². The average Bonchev–Trinajstić information content (AvgIpc) is 3.36. The van der Waals surface area contributed by atoms with Gasteiger partial charge in [0.05, 0.1) is 14.2 Å². The molecule has 0 amide bonds. The highest BCUT2D eigenvalue weighted by molar-refractivity contribution is 5.45. The Balaban J connectivity index is 1.53. The summed E-state index contributed by atoms with van der Waals surface area (Å²) in [6.45, 7) is 2.43. The molecule has 0 spiro atoms. The van der Waals surface area contributed by atoms with E-state index in [4.69, 9.17) is 9.47 Å². The quantitative estimate of drug-likeness (QED) is 0.399. The lowest BCUT2D eigenvalue weighted by molar-refractivity contribution is 0.191. The Morgan fingerprint density at radius 3 is 2.50 bits per heavy atom. The standard InChI is InChI=1S/C27H29N5O2/c1-33-23-12-13-24(25(18-23)34-2)26(31-16-15-21-10-6-7-11-22(21)19-31)27-28-29-30-32(27)17-14-20-8-4-3-5-9-20/h3-13,18,26H,14-17,19H2,1-2H3/t26-/m1/s1. The summed E-state index contributed by atoms with van der Waals surface area (Å²) in [5, 5.41) is 13.0. The molecule has 0 radical (unpaired) electrons. The van der Waals surface area contributed by atoms with E-state index in [-0.39, 0.29) is 6.04 Å². The van der Waals surface area contributed by atoms with Crippen LogP contribution in [-0.2, 0) is 25.9 Å². The van der Waals surface area contributed by atoms with Gasteiger partial charge >= 0.3 is 0 Å². The Morgan fingerprint density at radius 1 is 0.912 bits per heavy atom. The molecular formula is C27H29N5O2. The van der Waals surface area contributed by atoms with Crippen LogP contribution in [0.3, 0.4) is 0 Å². The molecule has 0 unspecified atom stereocenters. The molecule has 1 aromatic heterocycles. The average molecular weight is 456 g/mol. The molecule has 34 heavy (non-hydrogen) atoms. The van der Waals surface area contributed by atoms with Crippen molar-refractivity contribution in [1.82, 2.24) is 25.1 Å². The molecule has 0 saturated heterocycles. The van der Waals surface area contributed by atoms with Gasteiger partial charge < -0.3 is 9.47 Å². The number of hydrogen-bond donors (Lipinski definition) is 0. The van der Waals surface area contributed by atoms with Crippen LogP contribution < -0.4 is 9.47 Å². The van der Waals surface area contributed by atoms with Crippen LogP contribution in [-0.4, -0.2) is 45.9 Å². The van der Waals surface area contributed by atoms with Crippen LogP contribution in [0.25, 0.3) is 0 Å². The van der Waals surface area contributed by atoms with E-state index >= 15 is 0 Å². The molecule has 7 nitrogen and oxygen atoms in total. The number of aromatic nitrogens is 4. The number of nitrogens with zero attached hydrogens (tertiary/aromatic N) is 5. The Kier molecular flexibility index (Phi) is 6.53. The molecule has 5 rings (SSSR count). The molecule has 7 heteroatoms. The van der Waals surface area contributed by atoms with Crippen LogP contribution in [0.2, 0.25) is 0 Å². The molecule has 3 aromatic carbocycles. The molecular weight excluding hydrogens is 426 g/mol. The lowest BCUT2D eigenvalue weighted by Crippen LogP contribution is -2.36. The number of ether oxygens (including phenoxy) is 2. The summed E-state index contributed by atoms with van der Waals surface area (Å²) < 4.78 is 13.2. The maximum atomic E-state index is 5.81. The summed E-state index contributed by atoms with van der Waals surface area (Å²) in [6, 6.07) is 24.9. The third-order valence-electron chi connectivity index (χ3n) is 6.52. The van der Waals surface area contributed by atoms with E-state index in [1.54, 1.807) is 14.2 Å². The van der Waals surface area contributed by atoms with E-state index in [9.17, 15) is 0 Å². The molecule has 0 saturated carbocycles. The van der Waals surface area contributed by atoms with Crippen LogP contribution in [0.1, 0.15) is 34.1 Å². The maximum Gasteiger partial charge on any atom is 0.173 e. The fourth-order valence-electron chi connectivity index (χ4n) is 4.73. The van der Waals surface area contributed by atoms with E-state index in [1.807, 2.05) is 22.9 Å². The molecule has 0 N–H and O–H groups in total. The summed E-state index contributed by atoms with van der Waals surface area (Å²) in [6.07, 6.45) is 1.84. The van der Waals surface area contributed by atoms with Crippen LogP contribution >= 0.6 is 0 Å². The monoisotopic (exact) mass is 455 g/mol. The Bertz CT molecular complexity index is 1240. The van der Waals surface area contributed by atoms with Crippen molar-refractivity contribution in [2.45, 2.75) is 32.0 Å². The minimum absolute atomic E-state index is 0.153. The minimum atomic E-state index is -0.153. The summed E-state index contributed by atoms with van der Waals surface area (Å²) in [7, 11) is 3.36. The lowest BCUT2D eigenvalue weighted by Gasteiger charge is -2.35. The predicted octanol–water partition coefficient (Wildman–Crippen LogP) is 4.08. The SMILES string of the molecule is COc1ccc([C@H](c2nnnn2CCc2ccccc2)N2CCc3ccccc3C2)c(OC)c1. The molecule has 0 aliphatic carbocycles. The lowest BCUT2D eigenvalue weighted by atomic mass is 9.95. The predicted molar refractivity (Wildman–Crippen MR) is 130 cm³/mol. The Labute approximate surface area is 199 Å².